The van der Waals surface area contributed by atoms with E-state index in [-0.39, 0.29) is 5.91 Å². The lowest BCUT2D eigenvalue weighted by molar-refractivity contribution is 0.0423. The molecule has 0 saturated carbocycles. The van der Waals surface area contributed by atoms with Gasteiger partial charge in [-0.1, -0.05) is 18.2 Å². The fraction of sp³-hybridized carbons (Fsp3) is 0.571. The molecule has 0 atom stereocenters. The Balaban J connectivity index is 1.16. The standard InChI is InChI=1S/C21H30N4O2/c26-21(20-15-18-3-1-2-4-19(18)23-20)22-7-8-24-9-11-25(12-10-24)16-17-5-13-27-14-6-17/h1-4,15,17,23H,5-14,16H2,(H,22,26). The third-order valence-electron chi connectivity index (χ3n) is 5.81. The van der Waals surface area contributed by atoms with Gasteiger partial charge in [0.25, 0.3) is 5.91 Å². The molecule has 0 unspecified atom stereocenters. The number of para-hydroxylation sites is 1. The number of aromatic amines is 1. The predicted molar refractivity (Wildman–Crippen MR) is 107 cm³/mol. The fourth-order valence-electron chi connectivity index (χ4n) is 4.11. The predicted octanol–water partition coefficient (Wildman–Crippen LogP) is 1.94. The van der Waals surface area contributed by atoms with Crippen molar-refractivity contribution in [3.05, 3.63) is 36.0 Å². The van der Waals surface area contributed by atoms with Crippen LogP contribution in [-0.2, 0) is 4.74 Å². The molecule has 3 heterocycles. The molecule has 0 radical (unpaired) electrons. The second-order valence-electron chi connectivity index (χ2n) is 7.72. The smallest absolute Gasteiger partial charge is 0.267 e. The van der Waals surface area contributed by atoms with Crippen molar-refractivity contribution in [1.29, 1.82) is 0 Å². The zero-order valence-electron chi connectivity index (χ0n) is 16.0. The van der Waals surface area contributed by atoms with Crippen LogP contribution < -0.4 is 5.32 Å². The number of hydrogen-bond donors (Lipinski definition) is 2. The van der Waals surface area contributed by atoms with E-state index in [1.807, 2.05) is 30.3 Å². The number of amides is 1. The molecule has 0 bridgehead atoms. The number of carbonyl (C=O) groups is 1. The van der Waals surface area contributed by atoms with Gasteiger partial charge in [-0.25, -0.2) is 0 Å². The maximum atomic E-state index is 12.4. The number of hydrogen-bond acceptors (Lipinski definition) is 4. The number of benzene rings is 1. The Bertz CT molecular complexity index is 712. The molecule has 0 aliphatic carbocycles. The van der Waals surface area contributed by atoms with Gasteiger partial charge in [0, 0.05) is 69.9 Å². The Morgan fingerprint density at radius 1 is 1.11 bits per heavy atom. The lowest BCUT2D eigenvalue weighted by Crippen LogP contribution is -2.49. The quantitative estimate of drug-likeness (QED) is 0.816. The summed E-state index contributed by atoms with van der Waals surface area (Å²) in [6, 6.07) is 9.88. The van der Waals surface area contributed by atoms with Gasteiger partial charge in [0.05, 0.1) is 0 Å². The van der Waals surface area contributed by atoms with Crippen LogP contribution in [0.25, 0.3) is 10.9 Å². The van der Waals surface area contributed by atoms with Crippen molar-refractivity contribution < 1.29 is 9.53 Å². The van der Waals surface area contributed by atoms with E-state index in [0.717, 1.165) is 62.8 Å². The molecule has 1 aromatic heterocycles. The van der Waals surface area contributed by atoms with Crippen molar-refractivity contribution >= 4 is 16.8 Å². The number of carbonyl (C=O) groups excluding carboxylic acids is 1. The molecule has 6 nitrogen and oxygen atoms in total. The molecular formula is C21H30N4O2. The van der Waals surface area contributed by atoms with E-state index in [4.69, 9.17) is 4.74 Å². The van der Waals surface area contributed by atoms with E-state index < -0.39 is 0 Å². The lowest BCUT2D eigenvalue weighted by atomic mass is 9.99. The SMILES string of the molecule is O=C(NCCN1CCN(CC2CCOCC2)CC1)c1cc2ccccc2[nH]1. The average Bonchev–Trinajstić information content (AvgIpc) is 3.14. The first-order valence-corrected chi connectivity index (χ1v) is 10.2. The summed E-state index contributed by atoms with van der Waals surface area (Å²) in [5.41, 5.74) is 1.64. The van der Waals surface area contributed by atoms with Gasteiger partial charge in [0.1, 0.15) is 5.69 Å². The molecule has 2 aromatic rings. The first kappa shape index (κ1) is 18.5. The second-order valence-corrected chi connectivity index (χ2v) is 7.72. The Hall–Kier alpha value is -1.89. The van der Waals surface area contributed by atoms with Crippen LogP contribution in [0.1, 0.15) is 23.3 Å². The van der Waals surface area contributed by atoms with E-state index in [9.17, 15) is 4.79 Å². The summed E-state index contributed by atoms with van der Waals surface area (Å²) >= 11 is 0. The molecule has 4 rings (SSSR count). The zero-order chi connectivity index (χ0) is 18.5. The summed E-state index contributed by atoms with van der Waals surface area (Å²) in [6.07, 6.45) is 2.42. The summed E-state index contributed by atoms with van der Waals surface area (Å²) in [4.78, 5) is 20.6. The lowest BCUT2D eigenvalue weighted by Gasteiger charge is -2.37. The molecule has 6 heteroatoms. The minimum absolute atomic E-state index is 0.0237. The van der Waals surface area contributed by atoms with Crippen LogP contribution in [0.4, 0.5) is 0 Å². The van der Waals surface area contributed by atoms with Crippen LogP contribution in [0, 0.1) is 5.92 Å². The van der Waals surface area contributed by atoms with Crippen molar-refractivity contribution in [3.8, 4) is 0 Å². The van der Waals surface area contributed by atoms with Gasteiger partial charge in [-0.3, -0.25) is 9.69 Å². The van der Waals surface area contributed by atoms with Gasteiger partial charge in [-0.2, -0.15) is 0 Å². The topological polar surface area (TPSA) is 60.6 Å². The number of rotatable bonds is 6. The number of nitrogens with one attached hydrogen (secondary N) is 2. The van der Waals surface area contributed by atoms with Crippen LogP contribution in [-0.4, -0.2) is 79.7 Å². The Morgan fingerprint density at radius 3 is 2.63 bits per heavy atom. The number of ether oxygens (including phenoxy) is 1. The largest absolute Gasteiger partial charge is 0.381 e. The van der Waals surface area contributed by atoms with Crippen LogP contribution in [0.15, 0.2) is 30.3 Å². The summed E-state index contributed by atoms with van der Waals surface area (Å²) < 4.78 is 5.46. The van der Waals surface area contributed by atoms with E-state index in [1.54, 1.807) is 0 Å². The van der Waals surface area contributed by atoms with Crippen LogP contribution in [0.5, 0.6) is 0 Å². The summed E-state index contributed by atoms with van der Waals surface area (Å²) in [6.45, 7) is 9.12. The maximum Gasteiger partial charge on any atom is 0.267 e. The Morgan fingerprint density at radius 2 is 1.85 bits per heavy atom. The third-order valence-corrected chi connectivity index (χ3v) is 5.81. The van der Waals surface area contributed by atoms with Gasteiger partial charge < -0.3 is 19.9 Å². The van der Waals surface area contributed by atoms with Gasteiger partial charge in [-0.05, 0) is 30.9 Å². The highest BCUT2D eigenvalue weighted by molar-refractivity contribution is 5.97. The van der Waals surface area contributed by atoms with Crippen molar-refractivity contribution in [1.82, 2.24) is 20.1 Å². The molecule has 0 spiro atoms. The van der Waals surface area contributed by atoms with Crippen molar-refractivity contribution in [2.75, 3.05) is 59.0 Å². The van der Waals surface area contributed by atoms with Crippen LogP contribution >= 0.6 is 0 Å². The van der Waals surface area contributed by atoms with Gasteiger partial charge in [0.15, 0.2) is 0 Å². The third kappa shape index (κ3) is 4.89. The first-order valence-electron chi connectivity index (χ1n) is 10.2. The molecular weight excluding hydrogens is 340 g/mol. The number of nitrogens with zero attached hydrogens (tertiary/aromatic N) is 2. The number of aromatic nitrogens is 1. The fourth-order valence-corrected chi connectivity index (χ4v) is 4.11. The number of piperazine rings is 1. The monoisotopic (exact) mass is 370 g/mol. The molecule has 146 valence electrons. The molecule has 1 amide bonds. The normalized spacial score (nSPS) is 20.1. The first-order chi connectivity index (χ1) is 13.3. The van der Waals surface area contributed by atoms with E-state index in [0.29, 0.717) is 12.2 Å². The Kier molecular flexibility index (Phi) is 6.07. The summed E-state index contributed by atoms with van der Waals surface area (Å²) in [7, 11) is 0. The second kappa shape index (κ2) is 8.87. The molecule has 27 heavy (non-hydrogen) atoms. The van der Waals surface area contributed by atoms with Crippen LogP contribution in [0.3, 0.4) is 0 Å². The highest BCUT2D eigenvalue weighted by Gasteiger charge is 2.21. The van der Waals surface area contributed by atoms with Crippen LogP contribution in [0.2, 0.25) is 0 Å². The Labute approximate surface area is 160 Å². The maximum absolute atomic E-state index is 12.4. The highest BCUT2D eigenvalue weighted by atomic mass is 16.5. The average molecular weight is 370 g/mol. The number of fused-ring (bicyclic) bond motifs is 1. The molecule has 2 saturated heterocycles. The highest BCUT2D eigenvalue weighted by Crippen LogP contribution is 2.17. The molecule has 2 N–H and O–H groups in total. The molecule has 2 fully saturated rings. The minimum atomic E-state index is -0.0237. The van der Waals surface area contributed by atoms with Gasteiger partial charge >= 0.3 is 0 Å². The molecule has 2 aliphatic rings. The summed E-state index contributed by atoms with van der Waals surface area (Å²) in [5, 5.41) is 4.12. The van der Waals surface area contributed by atoms with E-state index >= 15 is 0 Å². The minimum Gasteiger partial charge on any atom is -0.381 e. The number of H-pyrrole nitrogens is 1. The van der Waals surface area contributed by atoms with Gasteiger partial charge in [-0.15, -0.1) is 0 Å². The van der Waals surface area contributed by atoms with Crippen molar-refractivity contribution in [2.45, 2.75) is 12.8 Å². The van der Waals surface area contributed by atoms with E-state index in [2.05, 4.69) is 20.1 Å². The molecule has 1 aromatic carbocycles. The summed E-state index contributed by atoms with van der Waals surface area (Å²) in [5.74, 6) is 0.783. The van der Waals surface area contributed by atoms with E-state index in [1.165, 1.54) is 19.4 Å². The van der Waals surface area contributed by atoms with Crippen molar-refractivity contribution in [3.63, 3.8) is 0 Å². The zero-order valence-corrected chi connectivity index (χ0v) is 16.0. The molecule has 2 aliphatic heterocycles. The van der Waals surface area contributed by atoms with Crippen molar-refractivity contribution in [2.24, 2.45) is 5.92 Å². The van der Waals surface area contributed by atoms with Gasteiger partial charge in [0.2, 0.25) is 0 Å².